The molecule has 0 aromatic carbocycles. The van der Waals surface area contributed by atoms with Crippen molar-refractivity contribution in [2.24, 2.45) is 0 Å². The van der Waals surface area contributed by atoms with E-state index >= 15 is 0 Å². The van der Waals surface area contributed by atoms with Crippen molar-refractivity contribution < 1.29 is 13.7 Å². The molecule has 4 heteroatoms. The molecule has 1 fully saturated rings. The van der Waals surface area contributed by atoms with Crippen LogP contribution in [0.1, 0.15) is 46.5 Å². The highest BCUT2D eigenvalue weighted by Gasteiger charge is 2.27. The van der Waals surface area contributed by atoms with Gasteiger partial charge in [-0.05, 0) is 38.7 Å². The molecule has 102 valence electrons. The van der Waals surface area contributed by atoms with Crippen molar-refractivity contribution in [1.29, 1.82) is 0 Å². The minimum Gasteiger partial charge on any atom is -0.373 e. The second kappa shape index (κ2) is 8.35. The first-order chi connectivity index (χ1) is 8.14. The summed E-state index contributed by atoms with van der Waals surface area (Å²) in [6, 6.07) is 0. The maximum atomic E-state index is 5.78. The summed E-state index contributed by atoms with van der Waals surface area (Å²) in [5.74, 6) is 1.03. The Morgan fingerprint density at radius 3 is 2.76 bits per heavy atom. The van der Waals surface area contributed by atoms with Gasteiger partial charge in [-0.15, -0.1) is 0 Å². The van der Waals surface area contributed by atoms with E-state index in [4.69, 9.17) is 13.7 Å². The third-order valence-electron chi connectivity index (χ3n) is 2.78. The third kappa shape index (κ3) is 7.29. The van der Waals surface area contributed by atoms with Gasteiger partial charge in [-0.2, -0.15) is 0 Å². The molecule has 1 rings (SSSR count). The van der Waals surface area contributed by atoms with Crippen molar-refractivity contribution >= 4 is 12.0 Å². The van der Waals surface area contributed by atoms with Crippen LogP contribution in [0.25, 0.3) is 0 Å². The Labute approximate surface area is 110 Å². The average molecular weight is 262 g/mol. The predicted molar refractivity (Wildman–Crippen MR) is 72.3 cm³/mol. The van der Waals surface area contributed by atoms with Gasteiger partial charge >= 0.3 is 0 Å². The molecule has 17 heavy (non-hydrogen) atoms. The number of hydrogen-bond donors (Lipinski definition) is 0. The molecule has 1 aliphatic heterocycles. The maximum Gasteiger partial charge on any atom is 0.0860 e. The molecular formula is C13H26O3S. The largest absolute Gasteiger partial charge is 0.373 e. The molecule has 1 aliphatic rings. The number of unbranched alkanes of at least 4 members (excludes halogenated alkanes) is 2. The summed E-state index contributed by atoms with van der Waals surface area (Å²) >= 11 is 1.55. The van der Waals surface area contributed by atoms with E-state index in [1.807, 2.05) is 0 Å². The number of hydrogen-bond acceptors (Lipinski definition) is 4. The van der Waals surface area contributed by atoms with E-state index in [-0.39, 0.29) is 5.60 Å². The standard InChI is InChI=1S/C13H26O3S/c1-4-17-16-9-7-5-6-8-12-10-15-13(2,3)11-14-12/h12H,4-11H2,1-3H3. The highest BCUT2D eigenvalue weighted by Crippen LogP contribution is 2.20. The first-order valence-electron chi connectivity index (χ1n) is 6.64. The molecule has 1 heterocycles. The van der Waals surface area contributed by atoms with Gasteiger partial charge in [0.15, 0.2) is 0 Å². The van der Waals surface area contributed by atoms with Crippen LogP contribution in [0.5, 0.6) is 0 Å². The van der Waals surface area contributed by atoms with Gasteiger partial charge in [0.2, 0.25) is 0 Å². The molecule has 1 atom stereocenters. The molecule has 0 bridgehead atoms. The fourth-order valence-corrected chi connectivity index (χ4v) is 2.15. The lowest BCUT2D eigenvalue weighted by Gasteiger charge is -2.35. The molecule has 0 saturated carbocycles. The summed E-state index contributed by atoms with van der Waals surface area (Å²) in [7, 11) is 0. The quantitative estimate of drug-likeness (QED) is 0.495. The molecule has 0 aromatic rings. The molecule has 0 spiro atoms. The normalized spacial score (nSPS) is 23.8. The first-order valence-corrected chi connectivity index (χ1v) is 7.55. The Bertz CT molecular complexity index is 187. The minimum absolute atomic E-state index is 0.0955. The lowest BCUT2D eigenvalue weighted by Crippen LogP contribution is -2.42. The Hall–Kier alpha value is 0.230. The highest BCUT2D eigenvalue weighted by molar-refractivity contribution is 7.94. The van der Waals surface area contributed by atoms with Gasteiger partial charge in [-0.1, -0.05) is 19.8 Å². The van der Waals surface area contributed by atoms with E-state index < -0.39 is 0 Å². The van der Waals surface area contributed by atoms with Crippen LogP contribution in [0.4, 0.5) is 0 Å². The predicted octanol–water partition coefficient (Wildman–Crippen LogP) is 3.43. The summed E-state index contributed by atoms with van der Waals surface area (Å²) in [5.41, 5.74) is -0.0955. The van der Waals surface area contributed by atoms with Crippen molar-refractivity contribution in [3.63, 3.8) is 0 Å². The van der Waals surface area contributed by atoms with E-state index in [1.165, 1.54) is 12.8 Å². The molecule has 0 aliphatic carbocycles. The lowest BCUT2D eigenvalue weighted by atomic mass is 10.1. The SMILES string of the molecule is CCSOCCCCCC1COC(C)(C)CO1. The molecule has 1 saturated heterocycles. The van der Waals surface area contributed by atoms with Crippen LogP contribution in [0, 0.1) is 0 Å². The third-order valence-corrected chi connectivity index (χ3v) is 3.35. The fourth-order valence-electron chi connectivity index (χ4n) is 1.75. The zero-order valence-corrected chi connectivity index (χ0v) is 12.2. The molecule has 0 N–H and O–H groups in total. The summed E-state index contributed by atoms with van der Waals surface area (Å²) in [5, 5.41) is 0. The summed E-state index contributed by atoms with van der Waals surface area (Å²) in [4.78, 5) is 0. The van der Waals surface area contributed by atoms with Gasteiger partial charge in [-0.3, -0.25) is 0 Å². The van der Waals surface area contributed by atoms with Crippen LogP contribution in [0.15, 0.2) is 0 Å². The topological polar surface area (TPSA) is 27.7 Å². The minimum atomic E-state index is -0.0955. The van der Waals surface area contributed by atoms with Crippen molar-refractivity contribution in [1.82, 2.24) is 0 Å². The van der Waals surface area contributed by atoms with Gasteiger partial charge in [0.1, 0.15) is 0 Å². The summed E-state index contributed by atoms with van der Waals surface area (Å²) in [6.45, 7) is 8.58. The molecule has 3 nitrogen and oxygen atoms in total. The molecular weight excluding hydrogens is 236 g/mol. The van der Waals surface area contributed by atoms with Crippen LogP contribution in [-0.4, -0.2) is 37.3 Å². The van der Waals surface area contributed by atoms with E-state index in [0.717, 1.165) is 31.8 Å². The Morgan fingerprint density at radius 1 is 1.29 bits per heavy atom. The monoisotopic (exact) mass is 262 g/mol. The van der Waals surface area contributed by atoms with Crippen LogP contribution in [0.3, 0.4) is 0 Å². The maximum absolute atomic E-state index is 5.78. The van der Waals surface area contributed by atoms with Crippen LogP contribution in [0.2, 0.25) is 0 Å². The Kier molecular flexibility index (Phi) is 7.51. The van der Waals surface area contributed by atoms with Crippen molar-refractivity contribution in [2.45, 2.75) is 58.2 Å². The zero-order chi connectivity index (χ0) is 12.6. The number of rotatable bonds is 8. The second-order valence-corrected chi connectivity index (χ2v) is 6.13. The smallest absolute Gasteiger partial charge is 0.0860 e. The van der Waals surface area contributed by atoms with Crippen LogP contribution in [-0.2, 0) is 13.7 Å². The molecule has 0 radical (unpaired) electrons. The molecule has 0 amide bonds. The lowest BCUT2D eigenvalue weighted by molar-refractivity contribution is -0.176. The Morgan fingerprint density at radius 2 is 2.12 bits per heavy atom. The van der Waals surface area contributed by atoms with E-state index in [2.05, 4.69) is 20.8 Å². The Balaban J connectivity index is 1.90. The van der Waals surface area contributed by atoms with Gasteiger partial charge in [0, 0.05) is 5.75 Å². The number of ether oxygens (including phenoxy) is 2. The first kappa shape index (κ1) is 15.3. The molecule has 1 unspecified atom stereocenters. The van der Waals surface area contributed by atoms with Crippen molar-refractivity contribution in [3.05, 3.63) is 0 Å². The summed E-state index contributed by atoms with van der Waals surface area (Å²) < 4.78 is 16.9. The van der Waals surface area contributed by atoms with Crippen LogP contribution < -0.4 is 0 Å². The van der Waals surface area contributed by atoms with E-state index in [1.54, 1.807) is 12.0 Å². The van der Waals surface area contributed by atoms with E-state index in [9.17, 15) is 0 Å². The van der Waals surface area contributed by atoms with Crippen molar-refractivity contribution in [2.75, 3.05) is 25.6 Å². The van der Waals surface area contributed by atoms with Gasteiger partial charge in [-0.25, -0.2) is 0 Å². The van der Waals surface area contributed by atoms with Crippen LogP contribution >= 0.6 is 12.0 Å². The molecule has 0 aromatic heterocycles. The van der Waals surface area contributed by atoms with Gasteiger partial charge < -0.3 is 13.7 Å². The van der Waals surface area contributed by atoms with Gasteiger partial charge in [0.05, 0.1) is 31.5 Å². The zero-order valence-electron chi connectivity index (χ0n) is 11.4. The van der Waals surface area contributed by atoms with Gasteiger partial charge in [0.25, 0.3) is 0 Å². The second-order valence-electron chi connectivity index (χ2n) is 5.08. The van der Waals surface area contributed by atoms with Crippen molar-refractivity contribution in [3.8, 4) is 0 Å². The fraction of sp³-hybridized carbons (Fsp3) is 1.00. The highest BCUT2D eigenvalue weighted by atomic mass is 32.2. The summed E-state index contributed by atoms with van der Waals surface area (Å²) in [6.07, 6.45) is 4.97. The average Bonchev–Trinajstić information content (AvgIpc) is 2.30. The van der Waals surface area contributed by atoms with E-state index in [0.29, 0.717) is 12.7 Å².